The minimum absolute atomic E-state index is 0.127. The van der Waals surface area contributed by atoms with Gasteiger partial charge in [0.1, 0.15) is 6.15 Å². The Kier molecular flexibility index (Phi) is 16.5. The Morgan fingerprint density at radius 3 is 0.840 bits per heavy atom. The lowest BCUT2D eigenvalue weighted by molar-refractivity contribution is -0.688. The predicted octanol–water partition coefficient (Wildman–Crippen LogP) is 13.6. The number of benzene rings is 5. The van der Waals surface area contributed by atoms with Crippen LogP contribution in [0.25, 0.3) is 0 Å². The molecule has 6 rings (SSSR count). The van der Waals surface area contributed by atoms with Crippen LogP contribution in [0.2, 0.25) is 0 Å². The summed E-state index contributed by atoms with van der Waals surface area (Å²) in [5.74, 6) is -0.406. The first-order valence-electron chi connectivity index (χ1n) is 20.2. The van der Waals surface area contributed by atoms with Crippen molar-refractivity contribution in [3.8, 4) is 0 Å². The van der Waals surface area contributed by atoms with E-state index in [1.54, 1.807) is 12.1 Å². The van der Waals surface area contributed by atoms with Gasteiger partial charge in [-0.15, -0.1) is 0 Å². The smallest absolute Gasteiger partial charge is 0.416 e. The predicted molar refractivity (Wildman–Crippen MR) is 218 cm³/mol. The molecule has 0 N–H and O–H groups in total. The highest BCUT2D eigenvalue weighted by Gasteiger charge is 2.47. The summed E-state index contributed by atoms with van der Waals surface area (Å²) in [6, 6.07) is 4.61. The number of halogens is 25. The molecule has 0 atom stereocenters. The second kappa shape index (κ2) is 20.8. The molecule has 0 saturated heterocycles. The lowest BCUT2D eigenvalue weighted by Gasteiger charge is -2.46. The molecule has 0 spiro atoms. The SMILES string of the molecule is FC(F)(F)c1cc([B-](c2cc(C(F)(F)F)cc(C(F)(F)F)c2)(c2cc(C(F)(F)F)cc(C(F)(F)F)c2)c2cc(C(F)(F)F)cc(C(F)(F)F)c2)cc(C(F)(F)F)c1.O=C(OCCl)c1cc[n+](Cc2ccccc2)cc1. The van der Waals surface area contributed by atoms with Gasteiger partial charge in [-0.05, 0) is 24.3 Å². The van der Waals surface area contributed by atoms with Crippen molar-refractivity contribution in [2.45, 2.75) is 56.0 Å². The van der Waals surface area contributed by atoms with E-state index in [9.17, 15) is 110 Å². The van der Waals surface area contributed by atoms with Gasteiger partial charge in [0.15, 0.2) is 25.0 Å². The van der Waals surface area contributed by atoms with E-state index in [1.807, 2.05) is 35.2 Å². The van der Waals surface area contributed by atoms with Crippen LogP contribution in [0.5, 0.6) is 0 Å². The Balaban J connectivity index is 0.000000483. The molecule has 0 saturated carbocycles. The van der Waals surface area contributed by atoms with E-state index in [-0.39, 0.29) is 6.07 Å². The fourth-order valence-electron chi connectivity index (χ4n) is 7.70. The zero-order chi connectivity index (χ0) is 56.7. The van der Waals surface area contributed by atoms with E-state index in [1.165, 1.54) is 5.56 Å². The Morgan fingerprint density at radius 1 is 0.387 bits per heavy atom. The summed E-state index contributed by atoms with van der Waals surface area (Å²) in [6.45, 7) is 0.770. The fourth-order valence-corrected chi connectivity index (χ4v) is 7.80. The Hall–Kier alpha value is -6.61. The van der Waals surface area contributed by atoms with Crippen molar-refractivity contribution >= 4 is 45.6 Å². The summed E-state index contributed by atoms with van der Waals surface area (Å²) in [4.78, 5) is 11.4. The summed E-state index contributed by atoms with van der Waals surface area (Å²) >= 11 is 5.34. The highest BCUT2D eigenvalue weighted by Crippen LogP contribution is 2.41. The highest BCUT2D eigenvalue weighted by atomic mass is 35.5. The number of hydrogen-bond donors (Lipinski definition) is 0. The average molecular weight is 1130 g/mol. The first kappa shape index (κ1) is 59.3. The number of carbonyl (C=O) groups excluding carboxylic acids is 1. The molecule has 29 heteroatoms. The molecule has 0 aliphatic heterocycles. The molecular formula is C46H25BClF24NO2. The molecule has 75 heavy (non-hydrogen) atoms. The molecule has 0 aliphatic rings. The lowest BCUT2D eigenvalue weighted by Crippen LogP contribution is -2.75. The van der Waals surface area contributed by atoms with Crippen LogP contribution in [0.1, 0.15) is 60.4 Å². The normalized spacial score (nSPS) is 13.3. The number of carbonyl (C=O) groups is 1. The lowest BCUT2D eigenvalue weighted by atomic mass is 9.12. The van der Waals surface area contributed by atoms with Gasteiger partial charge in [0, 0.05) is 17.7 Å². The number of nitrogens with zero attached hydrogens (tertiary/aromatic N) is 1. The van der Waals surface area contributed by atoms with Crippen molar-refractivity contribution in [1.29, 1.82) is 0 Å². The molecule has 3 nitrogen and oxygen atoms in total. The average Bonchev–Trinajstić information content (AvgIpc) is 3.27. The first-order valence-corrected chi connectivity index (χ1v) is 20.7. The van der Waals surface area contributed by atoms with Crippen molar-refractivity contribution in [2.24, 2.45) is 0 Å². The van der Waals surface area contributed by atoms with E-state index < -0.39 is 201 Å². The maximum absolute atomic E-state index is 14.2. The minimum atomic E-state index is -6.13. The molecule has 0 bridgehead atoms. The summed E-state index contributed by atoms with van der Waals surface area (Å²) in [6.07, 6.45) is -51.1. The molecule has 0 amide bonds. The first-order chi connectivity index (χ1) is 34.1. The van der Waals surface area contributed by atoms with E-state index in [2.05, 4.69) is 12.1 Å². The third-order valence-electron chi connectivity index (χ3n) is 11.0. The summed E-state index contributed by atoms with van der Waals surface area (Å²) in [5.41, 5.74) is -28.5. The van der Waals surface area contributed by atoms with Crippen LogP contribution in [0.3, 0.4) is 0 Å². The van der Waals surface area contributed by atoms with Gasteiger partial charge in [-0.3, -0.25) is 0 Å². The largest absolute Gasteiger partial charge is 0.446 e. The van der Waals surface area contributed by atoms with Crippen LogP contribution in [-0.2, 0) is 60.7 Å². The van der Waals surface area contributed by atoms with E-state index >= 15 is 0 Å². The Bertz CT molecular complexity index is 2550. The van der Waals surface area contributed by atoms with Gasteiger partial charge in [-0.2, -0.15) is 127 Å². The number of alkyl halides is 25. The van der Waals surface area contributed by atoms with Crippen LogP contribution in [0.4, 0.5) is 105 Å². The van der Waals surface area contributed by atoms with Gasteiger partial charge in [0.05, 0.1) is 50.1 Å². The van der Waals surface area contributed by atoms with Crippen LogP contribution < -0.4 is 26.4 Å². The fraction of sp³-hybridized carbons (Fsp3) is 0.217. The monoisotopic (exact) mass is 1130 g/mol. The van der Waals surface area contributed by atoms with Gasteiger partial charge in [0.2, 0.25) is 0 Å². The second-order valence-electron chi connectivity index (χ2n) is 16.0. The minimum Gasteiger partial charge on any atom is -0.446 e. The third kappa shape index (κ3) is 14.2. The standard InChI is InChI=1S/C32H12BF24.C14H13ClNO2/c34-25(35,36)13-1-14(26(37,38)39)6-21(5-13)33(22-7-15(27(40,41)42)2-16(8-22)28(43,44)45,23-9-17(29(46,47)48)3-18(10-23)30(49,50)51)24-11-19(31(52,53)54)4-20(12-24)32(55,56)57;15-11-18-14(17)13-6-8-16(9-7-13)10-12-4-2-1-3-5-12/h1-12H;1-9H,10-11H2/q-1;+1. The second-order valence-corrected chi connectivity index (χ2v) is 16.2. The van der Waals surface area contributed by atoms with E-state index in [0.717, 1.165) is 6.54 Å². The van der Waals surface area contributed by atoms with Crippen LogP contribution >= 0.6 is 11.6 Å². The van der Waals surface area contributed by atoms with Crippen molar-refractivity contribution in [3.05, 3.63) is 183 Å². The van der Waals surface area contributed by atoms with Crippen LogP contribution in [0.15, 0.2) is 128 Å². The third-order valence-corrected chi connectivity index (χ3v) is 11.1. The summed E-state index contributed by atoms with van der Waals surface area (Å²) in [7, 11) is 0. The van der Waals surface area contributed by atoms with Crippen LogP contribution in [-0.4, -0.2) is 18.2 Å². The molecule has 0 fully saturated rings. The van der Waals surface area contributed by atoms with Gasteiger partial charge >= 0.3 is 55.4 Å². The molecule has 5 aromatic carbocycles. The molecule has 1 aromatic heterocycles. The maximum atomic E-state index is 14.2. The zero-order valence-electron chi connectivity index (χ0n) is 36.3. The van der Waals surface area contributed by atoms with Gasteiger partial charge < -0.3 is 4.74 Å². The number of ether oxygens (including phenoxy) is 1. The van der Waals surface area contributed by atoms with Gasteiger partial charge in [0.25, 0.3) is 0 Å². The number of esters is 1. The van der Waals surface area contributed by atoms with Crippen LogP contribution in [0, 0.1) is 0 Å². The van der Waals surface area contributed by atoms with E-state index in [0.29, 0.717) is 5.56 Å². The van der Waals surface area contributed by atoms with Gasteiger partial charge in [-0.1, -0.05) is 90.5 Å². The molecule has 6 aromatic rings. The van der Waals surface area contributed by atoms with Gasteiger partial charge in [-0.25, -0.2) is 9.36 Å². The Labute approximate surface area is 409 Å². The summed E-state index contributed by atoms with van der Waals surface area (Å²) in [5, 5.41) is 0. The molecule has 0 radical (unpaired) electrons. The number of rotatable bonds is 8. The van der Waals surface area contributed by atoms with Crippen molar-refractivity contribution < 1.29 is 119 Å². The summed E-state index contributed by atoms with van der Waals surface area (Å²) < 4.78 is 348. The van der Waals surface area contributed by atoms with Crippen molar-refractivity contribution in [1.82, 2.24) is 0 Å². The Morgan fingerprint density at radius 2 is 0.627 bits per heavy atom. The topological polar surface area (TPSA) is 30.2 Å². The highest BCUT2D eigenvalue weighted by molar-refractivity contribution is 7.20. The molecular weight excluding hydrogens is 1100 g/mol. The quantitative estimate of drug-likeness (QED) is 0.0500. The van der Waals surface area contributed by atoms with Crippen molar-refractivity contribution in [3.63, 3.8) is 0 Å². The molecule has 0 aliphatic carbocycles. The number of aromatic nitrogens is 1. The maximum Gasteiger partial charge on any atom is 0.416 e. The zero-order valence-corrected chi connectivity index (χ0v) is 37.1. The van der Waals surface area contributed by atoms with E-state index in [4.69, 9.17) is 16.3 Å². The number of pyridine rings is 1. The van der Waals surface area contributed by atoms with Crippen molar-refractivity contribution in [2.75, 3.05) is 6.07 Å². The number of hydrogen-bond acceptors (Lipinski definition) is 2. The molecule has 404 valence electrons. The molecule has 1 heterocycles. The molecule has 0 unspecified atom stereocenters.